The van der Waals surface area contributed by atoms with E-state index in [1.54, 1.807) is 0 Å². The third-order valence-electron chi connectivity index (χ3n) is 6.34. The molecule has 0 heterocycles. The van der Waals surface area contributed by atoms with Gasteiger partial charge < -0.3 is 22.5 Å². The van der Waals surface area contributed by atoms with Crippen LogP contribution in [-0.4, -0.2) is 31.1 Å². The Morgan fingerprint density at radius 2 is 1.15 bits per heavy atom. The average Bonchev–Trinajstić information content (AvgIpc) is 2.82. The molecule has 194 valence electrons. The Morgan fingerprint density at radius 3 is 1.64 bits per heavy atom. The highest BCUT2D eigenvalue weighted by Crippen LogP contribution is 2.25. The molecule has 0 radical (unpaired) electrons. The van der Waals surface area contributed by atoms with Crippen LogP contribution in [0.4, 0.5) is 0 Å². The summed E-state index contributed by atoms with van der Waals surface area (Å²) >= 11 is 0. The van der Waals surface area contributed by atoms with Crippen molar-refractivity contribution in [1.29, 1.82) is 0 Å². The molecule has 7 N–H and O–H groups in total. The minimum atomic E-state index is -0.191. The molecule has 5 heteroatoms. The van der Waals surface area contributed by atoms with Gasteiger partial charge in [0.05, 0.1) is 0 Å². The maximum Gasteiger partial charge on any atom is 0.220 e. The molecule has 0 aliphatic rings. The Bertz CT molecular complexity index is 469. The van der Waals surface area contributed by atoms with Gasteiger partial charge in [0.25, 0.3) is 0 Å². The Hall–Kier alpha value is -1.17. The van der Waals surface area contributed by atoms with Crippen molar-refractivity contribution in [1.82, 2.24) is 5.32 Å². The number of unbranched alkanes of at least 4 members (excludes halogenated alkanes) is 8. The standard InChI is InChI=1S/C28H56N4O/c1-2-3-4-5-6-7-8-9-10-11-12-13-14-15-16-20-27(33)32-28(21-17-24-29,22-18-25-30)23-19-26-31/h7-8,10-11H,2-6,9,12-26,29-31H2,1H3,(H,32,33)/b8-7-,11-10-. The van der Waals surface area contributed by atoms with E-state index in [1.165, 1.54) is 44.9 Å². The number of carbonyl (C=O) groups excluding carboxylic acids is 1. The Balaban J connectivity index is 4.02. The second-order valence-corrected chi connectivity index (χ2v) is 9.49. The SMILES string of the molecule is CCCCCC/C=C\C/C=C\CCCCCCC(=O)NC(CCCN)(CCCN)CCCN. The number of nitrogens with one attached hydrogen (secondary N) is 1. The molecule has 0 spiro atoms. The summed E-state index contributed by atoms with van der Waals surface area (Å²) < 4.78 is 0. The van der Waals surface area contributed by atoms with E-state index in [1.807, 2.05) is 0 Å². The van der Waals surface area contributed by atoms with Gasteiger partial charge in [-0.1, -0.05) is 63.3 Å². The minimum absolute atomic E-state index is 0.169. The van der Waals surface area contributed by atoms with Gasteiger partial charge in [0, 0.05) is 12.0 Å². The summed E-state index contributed by atoms with van der Waals surface area (Å²) in [5.41, 5.74) is 17.1. The lowest BCUT2D eigenvalue weighted by Gasteiger charge is -2.35. The predicted molar refractivity (Wildman–Crippen MR) is 145 cm³/mol. The van der Waals surface area contributed by atoms with Gasteiger partial charge in [-0.15, -0.1) is 0 Å². The quantitative estimate of drug-likeness (QED) is 0.106. The van der Waals surface area contributed by atoms with E-state index in [0.717, 1.165) is 64.2 Å². The first-order chi connectivity index (χ1) is 16.1. The summed E-state index contributed by atoms with van der Waals surface area (Å²) in [5.74, 6) is 0.169. The molecule has 0 aromatic heterocycles. The Kier molecular flexibility index (Phi) is 23.1. The monoisotopic (exact) mass is 464 g/mol. The van der Waals surface area contributed by atoms with Gasteiger partial charge in [-0.05, 0) is 96.7 Å². The normalized spacial score (nSPS) is 12.2. The van der Waals surface area contributed by atoms with Crippen molar-refractivity contribution in [3.05, 3.63) is 24.3 Å². The smallest absolute Gasteiger partial charge is 0.220 e. The number of hydrogen-bond acceptors (Lipinski definition) is 4. The van der Waals surface area contributed by atoms with Gasteiger partial charge >= 0.3 is 0 Å². The molecule has 0 saturated heterocycles. The van der Waals surface area contributed by atoms with Crippen LogP contribution in [-0.2, 0) is 4.79 Å². The molecular weight excluding hydrogens is 408 g/mol. The highest BCUT2D eigenvalue weighted by atomic mass is 16.1. The van der Waals surface area contributed by atoms with Gasteiger partial charge in [-0.25, -0.2) is 0 Å². The molecule has 0 aliphatic carbocycles. The van der Waals surface area contributed by atoms with E-state index in [4.69, 9.17) is 17.2 Å². The van der Waals surface area contributed by atoms with E-state index < -0.39 is 0 Å². The van der Waals surface area contributed by atoms with Crippen molar-refractivity contribution in [3.63, 3.8) is 0 Å². The third-order valence-corrected chi connectivity index (χ3v) is 6.34. The maximum absolute atomic E-state index is 12.7. The summed E-state index contributed by atoms with van der Waals surface area (Å²) in [6, 6.07) is 0. The Labute approximate surface area is 205 Å². The molecular formula is C28H56N4O. The summed E-state index contributed by atoms with van der Waals surface area (Å²) in [6.45, 7) is 4.19. The van der Waals surface area contributed by atoms with Gasteiger partial charge in [-0.3, -0.25) is 4.79 Å². The van der Waals surface area contributed by atoms with Crippen molar-refractivity contribution in [2.24, 2.45) is 17.2 Å². The van der Waals surface area contributed by atoms with E-state index in [0.29, 0.717) is 26.1 Å². The average molecular weight is 465 g/mol. The molecule has 0 aliphatic heterocycles. The lowest BCUT2D eigenvalue weighted by molar-refractivity contribution is -0.123. The summed E-state index contributed by atoms with van der Waals surface area (Å²) in [5, 5.41) is 3.36. The van der Waals surface area contributed by atoms with Crippen LogP contribution in [0.5, 0.6) is 0 Å². The van der Waals surface area contributed by atoms with Crippen molar-refractivity contribution in [3.8, 4) is 0 Å². The van der Waals surface area contributed by atoms with Crippen LogP contribution in [0, 0.1) is 0 Å². The number of rotatable bonds is 24. The van der Waals surface area contributed by atoms with Crippen LogP contribution in [0.25, 0.3) is 0 Å². The second-order valence-electron chi connectivity index (χ2n) is 9.49. The van der Waals surface area contributed by atoms with Crippen LogP contribution in [0.3, 0.4) is 0 Å². The van der Waals surface area contributed by atoms with Crippen LogP contribution >= 0.6 is 0 Å². The van der Waals surface area contributed by atoms with Crippen molar-refractivity contribution in [2.45, 2.75) is 128 Å². The van der Waals surface area contributed by atoms with Gasteiger partial charge in [0.15, 0.2) is 0 Å². The first kappa shape index (κ1) is 31.8. The number of carbonyl (C=O) groups is 1. The maximum atomic E-state index is 12.7. The molecule has 0 bridgehead atoms. The summed E-state index contributed by atoms with van der Waals surface area (Å²) in [7, 11) is 0. The van der Waals surface area contributed by atoms with Crippen LogP contribution in [0.1, 0.15) is 122 Å². The summed E-state index contributed by atoms with van der Waals surface area (Å²) in [6.07, 6.45) is 28.5. The molecule has 0 rings (SSSR count). The minimum Gasteiger partial charge on any atom is -0.351 e. The van der Waals surface area contributed by atoms with E-state index in [-0.39, 0.29) is 11.4 Å². The van der Waals surface area contributed by atoms with E-state index >= 15 is 0 Å². The molecule has 0 aromatic carbocycles. The molecule has 0 unspecified atom stereocenters. The van der Waals surface area contributed by atoms with Gasteiger partial charge in [0.1, 0.15) is 0 Å². The van der Waals surface area contributed by atoms with Crippen LogP contribution < -0.4 is 22.5 Å². The zero-order valence-corrected chi connectivity index (χ0v) is 21.8. The first-order valence-electron chi connectivity index (χ1n) is 13.8. The fourth-order valence-electron chi connectivity index (χ4n) is 4.34. The second kappa shape index (κ2) is 24.0. The fraction of sp³-hybridized carbons (Fsp3) is 0.821. The van der Waals surface area contributed by atoms with Crippen LogP contribution in [0.15, 0.2) is 24.3 Å². The summed E-state index contributed by atoms with van der Waals surface area (Å²) in [4.78, 5) is 12.7. The zero-order chi connectivity index (χ0) is 24.5. The number of nitrogens with two attached hydrogens (primary N) is 3. The van der Waals surface area contributed by atoms with Gasteiger partial charge in [0.2, 0.25) is 5.91 Å². The first-order valence-corrected chi connectivity index (χ1v) is 13.8. The topological polar surface area (TPSA) is 107 Å². The van der Waals surface area contributed by atoms with Gasteiger partial charge in [-0.2, -0.15) is 0 Å². The van der Waals surface area contributed by atoms with Crippen molar-refractivity contribution < 1.29 is 4.79 Å². The fourth-order valence-corrected chi connectivity index (χ4v) is 4.34. The molecule has 1 amide bonds. The highest BCUT2D eigenvalue weighted by Gasteiger charge is 2.29. The largest absolute Gasteiger partial charge is 0.351 e. The Morgan fingerprint density at radius 1 is 0.667 bits per heavy atom. The highest BCUT2D eigenvalue weighted by molar-refractivity contribution is 5.76. The predicted octanol–water partition coefficient (Wildman–Crippen LogP) is 5.87. The molecule has 0 fully saturated rings. The molecule has 0 atom stereocenters. The number of allylic oxidation sites excluding steroid dienone is 4. The lowest BCUT2D eigenvalue weighted by Crippen LogP contribution is -2.49. The van der Waals surface area contributed by atoms with Crippen molar-refractivity contribution >= 4 is 5.91 Å². The third kappa shape index (κ3) is 20.0. The molecule has 0 saturated carbocycles. The number of hydrogen-bond donors (Lipinski definition) is 4. The molecule has 5 nitrogen and oxygen atoms in total. The zero-order valence-electron chi connectivity index (χ0n) is 21.8. The van der Waals surface area contributed by atoms with E-state index in [2.05, 4.69) is 36.5 Å². The lowest BCUT2D eigenvalue weighted by atomic mass is 9.83. The van der Waals surface area contributed by atoms with Crippen LogP contribution in [0.2, 0.25) is 0 Å². The molecule has 33 heavy (non-hydrogen) atoms. The van der Waals surface area contributed by atoms with Crippen molar-refractivity contribution in [2.75, 3.05) is 19.6 Å². The molecule has 0 aromatic rings. The van der Waals surface area contributed by atoms with E-state index in [9.17, 15) is 4.79 Å². The number of amides is 1.